The summed E-state index contributed by atoms with van der Waals surface area (Å²) in [6.45, 7) is 7.44. The molecule has 3 N–H and O–H groups in total. The molecule has 47 heavy (non-hydrogen) atoms. The Morgan fingerprint density at radius 3 is 1.60 bits per heavy atom. The molecule has 6 nitrogen and oxygen atoms in total. The van der Waals surface area contributed by atoms with E-state index in [2.05, 4.69) is 15.1 Å². The zero-order valence-electron chi connectivity index (χ0n) is 28.0. The van der Waals surface area contributed by atoms with Crippen LogP contribution in [-0.2, 0) is 0 Å². The van der Waals surface area contributed by atoms with Crippen molar-refractivity contribution in [2.75, 3.05) is 39.3 Å². The smallest absolute Gasteiger partial charge is 0.252 e. The van der Waals surface area contributed by atoms with Crippen molar-refractivity contribution in [3.05, 3.63) is 71.3 Å². The zero-order valence-corrected chi connectivity index (χ0v) is 28.7. The van der Waals surface area contributed by atoms with Gasteiger partial charge in [-0.2, -0.15) is 0 Å². The van der Waals surface area contributed by atoms with Gasteiger partial charge in [0.15, 0.2) is 0 Å². The lowest BCUT2D eigenvalue weighted by molar-refractivity contribution is 0.0877. The van der Waals surface area contributed by atoms with Crippen molar-refractivity contribution in [3.8, 4) is 0 Å². The number of halogens is 3. The number of amides is 1. The molecule has 2 heterocycles. The quantitative estimate of drug-likeness (QED) is 0.294. The van der Waals surface area contributed by atoms with Crippen molar-refractivity contribution in [3.63, 3.8) is 0 Å². The van der Waals surface area contributed by atoms with Gasteiger partial charge in [-0.15, -0.1) is 0 Å². The minimum Gasteiger partial charge on any atom is -0.349 e. The van der Waals surface area contributed by atoms with E-state index in [4.69, 9.17) is 17.3 Å². The maximum Gasteiger partial charge on any atom is 0.252 e. The van der Waals surface area contributed by atoms with Gasteiger partial charge < -0.3 is 20.9 Å². The van der Waals surface area contributed by atoms with E-state index in [0.29, 0.717) is 23.1 Å². The summed E-state index contributed by atoms with van der Waals surface area (Å²) in [6, 6.07) is 11.6. The minimum atomic E-state index is -0.569. The Bertz CT molecular complexity index is 1200. The van der Waals surface area contributed by atoms with Crippen LogP contribution < -0.4 is 11.1 Å². The molecule has 4 fully saturated rings. The van der Waals surface area contributed by atoms with Crippen molar-refractivity contribution in [2.45, 2.75) is 102 Å². The summed E-state index contributed by atoms with van der Waals surface area (Å²) in [6.07, 6.45) is 18.3. The maximum absolute atomic E-state index is 13.0. The topological polar surface area (TPSA) is 78.7 Å². The van der Waals surface area contributed by atoms with E-state index in [9.17, 15) is 18.4 Å². The van der Waals surface area contributed by atoms with Crippen LogP contribution in [-0.4, -0.2) is 72.3 Å². The highest BCUT2D eigenvalue weighted by atomic mass is 35.5. The Morgan fingerprint density at radius 1 is 0.638 bits per heavy atom. The molecule has 0 spiro atoms. The molecule has 2 aromatic carbocycles. The number of hydrogen-bond acceptors (Lipinski definition) is 5. The third kappa shape index (κ3) is 13.2. The highest BCUT2D eigenvalue weighted by Gasteiger charge is 2.29. The summed E-state index contributed by atoms with van der Waals surface area (Å²) >= 11 is 5.09. The summed E-state index contributed by atoms with van der Waals surface area (Å²) in [5.41, 5.74) is 7.03. The number of benzene rings is 2. The predicted molar refractivity (Wildman–Crippen MR) is 187 cm³/mol. The average molecular weight is 673 g/mol. The van der Waals surface area contributed by atoms with Gasteiger partial charge in [0.2, 0.25) is 0 Å². The van der Waals surface area contributed by atoms with Crippen LogP contribution in [0.25, 0.3) is 0 Å². The zero-order chi connectivity index (χ0) is 33.4. The normalized spacial score (nSPS) is 25.4. The van der Waals surface area contributed by atoms with Gasteiger partial charge in [0, 0.05) is 36.3 Å². The number of carbonyl (C=O) groups excluding carboxylic acids is 2. The fourth-order valence-electron chi connectivity index (χ4n) is 7.46. The van der Waals surface area contributed by atoms with Crippen LogP contribution in [0.4, 0.5) is 8.78 Å². The highest BCUT2D eigenvalue weighted by Crippen LogP contribution is 2.27. The van der Waals surface area contributed by atoms with E-state index in [1.165, 1.54) is 153 Å². The molecule has 2 saturated carbocycles. The molecule has 9 heteroatoms. The first-order valence-electron chi connectivity index (χ1n) is 18.0. The van der Waals surface area contributed by atoms with Gasteiger partial charge in [-0.05, 0) is 150 Å². The number of rotatable bonds is 7. The lowest BCUT2D eigenvalue weighted by Crippen LogP contribution is -2.47. The average Bonchev–Trinajstić information content (AvgIpc) is 3.09. The number of nitrogens with one attached hydrogen (secondary N) is 1. The van der Waals surface area contributed by atoms with E-state index in [1.54, 1.807) is 12.1 Å². The summed E-state index contributed by atoms with van der Waals surface area (Å²) < 4.78 is 25.2. The van der Waals surface area contributed by atoms with Gasteiger partial charge in [0.25, 0.3) is 11.1 Å². The molecule has 0 bridgehead atoms. The fourth-order valence-corrected chi connectivity index (χ4v) is 7.59. The minimum absolute atomic E-state index is 0.0689. The van der Waals surface area contributed by atoms with Gasteiger partial charge in [-0.3, -0.25) is 9.59 Å². The molecule has 2 aliphatic heterocycles. The summed E-state index contributed by atoms with van der Waals surface area (Å²) in [5, 5.41) is 2.64. The van der Waals surface area contributed by atoms with Crippen LogP contribution in [0, 0.1) is 23.5 Å². The monoisotopic (exact) mass is 672 g/mol. The highest BCUT2D eigenvalue weighted by molar-refractivity contribution is 6.67. The van der Waals surface area contributed by atoms with Gasteiger partial charge in [0.05, 0.1) is 0 Å². The largest absolute Gasteiger partial charge is 0.349 e. The van der Waals surface area contributed by atoms with Gasteiger partial charge in [-0.25, -0.2) is 8.78 Å². The lowest BCUT2D eigenvalue weighted by Gasteiger charge is -2.37. The van der Waals surface area contributed by atoms with Crippen LogP contribution in [0.1, 0.15) is 111 Å². The van der Waals surface area contributed by atoms with Crippen LogP contribution in [0.3, 0.4) is 0 Å². The Balaban J connectivity index is 0.000000177. The molecule has 0 radical (unpaired) electrons. The molecule has 0 aromatic heterocycles. The summed E-state index contributed by atoms with van der Waals surface area (Å²) in [4.78, 5) is 28.0. The summed E-state index contributed by atoms with van der Waals surface area (Å²) in [7, 11) is 0. The molecule has 4 aliphatic rings. The molecular formula is C38H55ClF2N4O2. The van der Waals surface area contributed by atoms with Crippen molar-refractivity contribution in [1.29, 1.82) is 0 Å². The molecule has 6 rings (SSSR count). The van der Waals surface area contributed by atoms with Crippen molar-refractivity contribution in [1.82, 2.24) is 15.1 Å². The van der Waals surface area contributed by atoms with Crippen LogP contribution in [0.2, 0.25) is 0 Å². The van der Waals surface area contributed by atoms with Crippen molar-refractivity contribution in [2.24, 2.45) is 17.6 Å². The van der Waals surface area contributed by atoms with E-state index < -0.39 is 5.24 Å². The van der Waals surface area contributed by atoms with E-state index in [1.807, 2.05) is 0 Å². The Morgan fingerprint density at radius 2 is 1.09 bits per heavy atom. The molecule has 4 atom stereocenters. The third-order valence-corrected chi connectivity index (χ3v) is 10.5. The standard InChI is InChI=1S/C19H27FN2O.C12H24N2.C7H4ClFO/c20-17-10-8-15(9-11-17)19(23)21-18-7-3-2-6-16(18)14-22-12-4-1-5-13-22;13-12-7-3-2-6-11(12)10-14-8-4-1-5-9-14;8-7(10)5-1-3-6(9)4-2-5/h8-11,16,18H,1-7,12-14H2,(H,21,23);11-12H,1-10,13H2;1-4H/t16-,18+;11-,12+;/m00./s1. The lowest BCUT2D eigenvalue weighted by atomic mass is 9.83. The molecule has 1 amide bonds. The number of nitrogens with zero attached hydrogens (tertiary/aromatic N) is 2. The van der Waals surface area contributed by atoms with E-state index in [0.717, 1.165) is 18.9 Å². The Labute approximate surface area is 285 Å². The SMILES string of the molecule is N[C@@H]1CCCC[C@H]1CN1CCCCC1.O=C(Cl)c1ccc(F)cc1.O=C(N[C@@H]1CCCC[C@H]1CN1CCCCC1)c1ccc(F)cc1. The Hall–Kier alpha value is -2.39. The number of likely N-dealkylation sites (tertiary alicyclic amines) is 2. The van der Waals surface area contributed by atoms with E-state index in [-0.39, 0.29) is 23.6 Å². The van der Waals surface area contributed by atoms with Crippen LogP contribution >= 0.6 is 11.6 Å². The number of nitrogens with two attached hydrogens (primary N) is 1. The first-order valence-corrected chi connectivity index (χ1v) is 18.4. The molecule has 260 valence electrons. The summed E-state index contributed by atoms with van der Waals surface area (Å²) in [5.74, 6) is 0.595. The first kappa shape index (κ1) is 37.4. The number of carbonyl (C=O) groups is 2. The third-order valence-electron chi connectivity index (χ3n) is 10.3. The number of piperidine rings is 2. The molecule has 0 unspecified atom stereocenters. The fraction of sp³-hybridized carbons (Fsp3) is 0.632. The number of hydrogen-bond donors (Lipinski definition) is 2. The molecule has 2 aliphatic carbocycles. The second-order valence-electron chi connectivity index (χ2n) is 13.8. The van der Waals surface area contributed by atoms with Crippen molar-refractivity contribution >= 4 is 22.8 Å². The van der Waals surface area contributed by atoms with E-state index >= 15 is 0 Å². The molecular weight excluding hydrogens is 618 g/mol. The van der Waals surface area contributed by atoms with Crippen LogP contribution in [0.15, 0.2) is 48.5 Å². The Kier molecular flexibility index (Phi) is 16.1. The second kappa shape index (κ2) is 20.2. The molecule has 2 aromatic rings. The van der Waals surface area contributed by atoms with Crippen LogP contribution in [0.5, 0.6) is 0 Å². The first-order chi connectivity index (χ1) is 22.8. The van der Waals surface area contributed by atoms with Gasteiger partial charge in [0.1, 0.15) is 11.6 Å². The van der Waals surface area contributed by atoms with Gasteiger partial charge >= 0.3 is 0 Å². The maximum atomic E-state index is 13.0. The van der Waals surface area contributed by atoms with Gasteiger partial charge in [-0.1, -0.05) is 38.5 Å². The predicted octanol–water partition coefficient (Wildman–Crippen LogP) is 7.79. The van der Waals surface area contributed by atoms with Crippen molar-refractivity contribution < 1.29 is 18.4 Å². The second-order valence-corrected chi connectivity index (χ2v) is 14.2. The molecule has 2 saturated heterocycles.